The Bertz CT molecular complexity index is 476. The monoisotopic (exact) mass is 192 g/mol. The molecule has 3 nitrogen and oxygen atoms in total. The van der Waals surface area contributed by atoms with E-state index >= 15 is 0 Å². The van der Waals surface area contributed by atoms with Crippen molar-refractivity contribution in [2.75, 3.05) is 5.73 Å². The van der Waals surface area contributed by atoms with E-state index in [2.05, 4.69) is 4.37 Å². The Kier molecular flexibility index (Phi) is 1.77. The second-order valence-electron chi connectivity index (χ2n) is 2.89. The highest BCUT2D eigenvalue weighted by atomic mass is 32.1. The summed E-state index contributed by atoms with van der Waals surface area (Å²) in [7, 11) is 0. The molecule has 2 aromatic rings. The molecular weight excluding hydrogens is 184 g/mol. The van der Waals surface area contributed by atoms with Crippen LogP contribution in [0.5, 0.6) is 0 Å². The lowest BCUT2D eigenvalue weighted by molar-refractivity contribution is 0.112. The van der Waals surface area contributed by atoms with Crippen LogP contribution in [0.15, 0.2) is 12.1 Å². The lowest BCUT2D eigenvalue weighted by atomic mass is 10.1. The fraction of sp³-hybridized carbons (Fsp3) is 0.111. The third kappa shape index (κ3) is 1.19. The SMILES string of the molecule is Cc1cc2c(N)nsc2cc1C=O. The second kappa shape index (κ2) is 2.81. The third-order valence-electron chi connectivity index (χ3n) is 2.01. The van der Waals surface area contributed by atoms with Crippen LogP contribution in [0, 0.1) is 6.92 Å². The van der Waals surface area contributed by atoms with Crippen LogP contribution in [0.25, 0.3) is 10.1 Å². The van der Waals surface area contributed by atoms with Gasteiger partial charge < -0.3 is 5.73 Å². The van der Waals surface area contributed by atoms with Gasteiger partial charge in [-0.3, -0.25) is 4.79 Å². The summed E-state index contributed by atoms with van der Waals surface area (Å²) in [6.45, 7) is 1.89. The molecule has 1 heterocycles. The van der Waals surface area contributed by atoms with Crippen molar-refractivity contribution in [3.05, 3.63) is 23.3 Å². The largest absolute Gasteiger partial charge is 0.382 e. The zero-order valence-electron chi connectivity index (χ0n) is 7.07. The van der Waals surface area contributed by atoms with Gasteiger partial charge in [0.15, 0.2) is 0 Å². The molecule has 0 fully saturated rings. The number of rotatable bonds is 1. The summed E-state index contributed by atoms with van der Waals surface area (Å²) in [5, 5.41) is 0.938. The van der Waals surface area contributed by atoms with Gasteiger partial charge >= 0.3 is 0 Å². The van der Waals surface area contributed by atoms with Crippen molar-refractivity contribution in [2.45, 2.75) is 6.92 Å². The summed E-state index contributed by atoms with van der Waals surface area (Å²) in [5.74, 6) is 0.542. The first kappa shape index (κ1) is 8.19. The number of fused-ring (bicyclic) bond motifs is 1. The van der Waals surface area contributed by atoms with Gasteiger partial charge in [-0.25, -0.2) is 0 Å². The predicted molar refractivity (Wildman–Crippen MR) is 54.2 cm³/mol. The Morgan fingerprint density at radius 2 is 2.31 bits per heavy atom. The molecule has 13 heavy (non-hydrogen) atoms. The van der Waals surface area contributed by atoms with Crippen molar-refractivity contribution >= 4 is 33.7 Å². The van der Waals surface area contributed by atoms with Gasteiger partial charge in [-0.1, -0.05) is 0 Å². The Balaban J connectivity index is 2.83. The molecule has 0 unspecified atom stereocenters. The van der Waals surface area contributed by atoms with E-state index in [0.29, 0.717) is 11.4 Å². The minimum Gasteiger partial charge on any atom is -0.382 e. The fourth-order valence-electron chi connectivity index (χ4n) is 1.25. The molecule has 0 bridgehead atoms. The van der Waals surface area contributed by atoms with Crippen LogP contribution in [-0.2, 0) is 0 Å². The standard InChI is InChI=1S/C9H8N2OS/c1-5-2-7-8(3-6(5)4-12)13-11-9(7)10/h2-4H,1H3,(H2,10,11). The molecule has 2 rings (SSSR count). The minimum atomic E-state index is 0.542. The predicted octanol–water partition coefficient (Wildman–Crippen LogP) is 2.00. The van der Waals surface area contributed by atoms with Gasteiger partial charge in [0.05, 0.1) is 4.70 Å². The number of nitrogens with zero attached hydrogens (tertiary/aromatic N) is 1. The zero-order valence-corrected chi connectivity index (χ0v) is 7.89. The van der Waals surface area contributed by atoms with Gasteiger partial charge in [0.25, 0.3) is 0 Å². The summed E-state index contributed by atoms with van der Waals surface area (Å²) in [5.41, 5.74) is 7.29. The summed E-state index contributed by atoms with van der Waals surface area (Å²) >= 11 is 1.32. The molecule has 0 aliphatic carbocycles. The van der Waals surface area contributed by atoms with Crippen LogP contribution in [0.1, 0.15) is 15.9 Å². The lowest BCUT2D eigenvalue weighted by Gasteiger charge is -1.97. The summed E-state index contributed by atoms with van der Waals surface area (Å²) < 4.78 is 4.98. The molecular formula is C9H8N2OS. The zero-order chi connectivity index (χ0) is 9.42. The topological polar surface area (TPSA) is 56.0 Å². The molecule has 0 saturated carbocycles. The van der Waals surface area contributed by atoms with Crippen LogP contribution in [0.3, 0.4) is 0 Å². The number of nitrogens with two attached hydrogens (primary N) is 1. The molecule has 1 aromatic carbocycles. The number of aldehydes is 1. The maximum atomic E-state index is 10.6. The number of carbonyl (C=O) groups is 1. The molecule has 0 saturated heterocycles. The van der Waals surface area contributed by atoms with Crippen LogP contribution in [0.4, 0.5) is 5.82 Å². The summed E-state index contributed by atoms with van der Waals surface area (Å²) in [4.78, 5) is 10.6. The fourth-order valence-corrected chi connectivity index (χ4v) is 1.99. The maximum Gasteiger partial charge on any atom is 0.150 e. The summed E-state index contributed by atoms with van der Waals surface area (Å²) in [6, 6.07) is 3.73. The highest BCUT2D eigenvalue weighted by Crippen LogP contribution is 2.26. The highest BCUT2D eigenvalue weighted by Gasteiger charge is 2.05. The Hall–Kier alpha value is -1.42. The van der Waals surface area contributed by atoms with E-state index in [4.69, 9.17) is 5.73 Å². The van der Waals surface area contributed by atoms with Crippen LogP contribution in [0.2, 0.25) is 0 Å². The van der Waals surface area contributed by atoms with Crippen LogP contribution >= 0.6 is 11.5 Å². The maximum absolute atomic E-state index is 10.6. The van der Waals surface area contributed by atoms with E-state index in [0.717, 1.165) is 21.9 Å². The number of nitrogen functional groups attached to an aromatic ring is 1. The smallest absolute Gasteiger partial charge is 0.150 e. The first-order valence-corrected chi connectivity index (χ1v) is 4.60. The number of carbonyl (C=O) groups excluding carboxylic acids is 1. The third-order valence-corrected chi connectivity index (χ3v) is 2.84. The molecule has 0 aliphatic rings. The average Bonchev–Trinajstić information content (AvgIpc) is 2.47. The quantitative estimate of drug-likeness (QED) is 0.703. The number of hydrogen-bond acceptors (Lipinski definition) is 4. The van der Waals surface area contributed by atoms with Crippen molar-refractivity contribution in [3.8, 4) is 0 Å². The first-order valence-electron chi connectivity index (χ1n) is 3.83. The van der Waals surface area contributed by atoms with E-state index in [9.17, 15) is 4.79 Å². The van der Waals surface area contributed by atoms with Gasteiger partial charge in [0.1, 0.15) is 12.1 Å². The van der Waals surface area contributed by atoms with E-state index in [1.807, 2.05) is 19.1 Å². The van der Waals surface area contributed by atoms with E-state index < -0.39 is 0 Å². The second-order valence-corrected chi connectivity index (χ2v) is 3.70. The molecule has 0 spiro atoms. The number of aryl methyl sites for hydroxylation is 1. The minimum absolute atomic E-state index is 0.542. The van der Waals surface area contributed by atoms with Crippen molar-refractivity contribution in [3.63, 3.8) is 0 Å². The van der Waals surface area contributed by atoms with Crippen molar-refractivity contribution in [1.82, 2.24) is 4.37 Å². The summed E-state index contributed by atoms with van der Waals surface area (Å²) in [6.07, 6.45) is 0.852. The first-order chi connectivity index (χ1) is 6.22. The molecule has 0 aliphatic heterocycles. The van der Waals surface area contributed by atoms with Crippen LogP contribution < -0.4 is 5.73 Å². The van der Waals surface area contributed by atoms with E-state index in [1.165, 1.54) is 11.5 Å². The number of anilines is 1. The Labute approximate surface area is 79.3 Å². The lowest BCUT2D eigenvalue weighted by Crippen LogP contribution is -1.87. The van der Waals surface area contributed by atoms with Gasteiger partial charge in [0, 0.05) is 10.9 Å². The Morgan fingerprint density at radius 3 is 3.00 bits per heavy atom. The molecule has 0 radical (unpaired) electrons. The molecule has 2 N–H and O–H groups in total. The van der Waals surface area contributed by atoms with Gasteiger partial charge in [-0.2, -0.15) is 4.37 Å². The molecule has 4 heteroatoms. The number of benzene rings is 1. The van der Waals surface area contributed by atoms with Crippen molar-refractivity contribution in [2.24, 2.45) is 0 Å². The molecule has 66 valence electrons. The van der Waals surface area contributed by atoms with Crippen LogP contribution in [-0.4, -0.2) is 10.7 Å². The highest BCUT2D eigenvalue weighted by molar-refractivity contribution is 7.13. The number of hydrogen-bond donors (Lipinski definition) is 1. The molecule has 1 aromatic heterocycles. The number of aromatic nitrogens is 1. The van der Waals surface area contributed by atoms with Gasteiger partial charge in [-0.05, 0) is 36.2 Å². The Morgan fingerprint density at radius 1 is 1.54 bits per heavy atom. The molecule has 0 amide bonds. The van der Waals surface area contributed by atoms with E-state index in [1.54, 1.807) is 0 Å². The van der Waals surface area contributed by atoms with Gasteiger partial charge in [-0.15, -0.1) is 0 Å². The van der Waals surface area contributed by atoms with Gasteiger partial charge in [0.2, 0.25) is 0 Å². The normalized spacial score (nSPS) is 10.5. The molecule has 0 atom stereocenters. The van der Waals surface area contributed by atoms with Crippen molar-refractivity contribution in [1.29, 1.82) is 0 Å². The van der Waals surface area contributed by atoms with Crippen molar-refractivity contribution < 1.29 is 4.79 Å². The average molecular weight is 192 g/mol. The van der Waals surface area contributed by atoms with E-state index in [-0.39, 0.29) is 0 Å².